The average molecular weight is 251 g/mol. The number of nitrogens with one attached hydrogen (secondary N) is 1. The molecule has 0 aliphatic carbocycles. The van der Waals surface area contributed by atoms with E-state index in [-0.39, 0.29) is 0 Å². The lowest BCUT2D eigenvalue weighted by atomic mass is 10.1. The Bertz CT molecular complexity index is 600. The van der Waals surface area contributed by atoms with Gasteiger partial charge in [0.05, 0.1) is 5.69 Å². The van der Waals surface area contributed by atoms with Crippen LogP contribution >= 0.6 is 23.6 Å². The van der Waals surface area contributed by atoms with Crippen LogP contribution < -0.4 is 9.47 Å². The van der Waals surface area contributed by atoms with Gasteiger partial charge in [-0.1, -0.05) is 0 Å². The van der Waals surface area contributed by atoms with E-state index in [1.807, 2.05) is 24.4 Å². The molecule has 2 heterocycles. The summed E-state index contributed by atoms with van der Waals surface area (Å²) < 4.78 is 11.5. The maximum absolute atomic E-state index is 5.36. The van der Waals surface area contributed by atoms with Crippen molar-refractivity contribution in [3.05, 3.63) is 27.0 Å². The van der Waals surface area contributed by atoms with Crippen LogP contribution in [0.4, 0.5) is 0 Å². The second-order valence-electron chi connectivity index (χ2n) is 3.58. The zero-order chi connectivity index (χ0) is 11.1. The van der Waals surface area contributed by atoms with E-state index in [1.54, 1.807) is 0 Å². The molecule has 0 atom stereocenters. The third-order valence-corrected chi connectivity index (χ3v) is 3.59. The van der Waals surface area contributed by atoms with Gasteiger partial charge in [-0.15, -0.1) is 11.3 Å². The van der Waals surface area contributed by atoms with Crippen LogP contribution in [0.25, 0.3) is 11.3 Å². The molecule has 0 fully saturated rings. The van der Waals surface area contributed by atoms with Gasteiger partial charge in [0.15, 0.2) is 15.5 Å². The van der Waals surface area contributed by atoms with E-state index in [0.29, 0.717) is 6.79 Å². The monoisotopic (exact) mass is 251 g/mol. The van der Waals surface area contributed by atoms with E-state index in [1.165, 1.54) is 11.3 Å². The fourth-order valence-corrected chi connectivity index (χ4v) is 2.58. The van der Waals surface area contributed by atoms with Crippen molar-refractivity contribution >= 4 is 23.6 Å². The number of aromatic amines is 1. The van der Waals surface area contributed by atoms with Crippen molar-refractivity contribution in [2.24, 2.45) is 0 Å². The van der Waals surface area contributed by atoms with Gasteiger partial charge in [-0.05, 0) is 36.8 Å². The molecule has 3 nitrogen and oxygen atoms in total. The zero-order valence-electron chi connectivity index (χ0n) is 8.57. The van der Waals surface area contributed by atoms with Crippen LogP contribution in [0, 0.1) is 10.9 Å². The highest BCUT2D eigenvalue weighted by molar-refractivity contribution is 7.73. The fraction of sp³-hybridized carbons (Fsp3) is 0.182. The molecule has 5 heteroatoms. The standard InChI is InChI=1S/C11H9NO2S2/c1-6-2-9-10(14-5-13-9)3-7(6)8-4-16-11(15)12-8/h2-4H,5H2,1H3,(H,12,15). The fourth-order valence-electron chi connectivity index (χ4n) is 1.75. The number of H-pyrrole nitrogens is 1. The number of aromatic nitrogens is 1. The van der Waals surface area contributed by atoms with Gasteiger partial charge in [0, 0.05) is 10.9 Å². The Balaban J connectivity index is 2.18. The Labute approximate surface area is 102 Å². The number of rotatable bonds is 1. The van der Waals surface area contributed by atoms with E-state index in [2.05, 4.69) is 4.98 Å². The minimum atomic E-state index is 0.303. The number of hydrogen-bond acceptors (Lipinski definition) is 4. The van der Waals surface area contributed by atoms with Gasteiger partial charge in [0.1, 0.15) is 0 Å². The molecule has 0 amide bonds. The van der Waals surface area contributed by atoms with Crippen LogP contribution in [0.2, 0.25) is 0 Å². The number of thiazole rings is 1. The summed E-state index contributed by atoms with van der Waals surface area (Å²) >= 11 is 6.61. The molecule has 1 aliphatic heterocycles. The molecule has 16 heavy (non-hydrogen) atoms. The molecule has 1 aromatic heterocycles. The Morgan fingerprint density at radius 1 is 1.31 bits per heavy atom. The first-order valence-electron chi connectivity index (χ1n) is 4.82. The molecule has 82 valence electrons. The van der Waals surface area contributed by atoms with Gasteiger partial charge < -0.3 is 14.5 Å². The highest BCUT2D eigenvalue weighted by Gasteiger charge is 2.16. The van der Waals surface area contributed by atoms with Crippen LogP contribution in [0.3, 0.4) is 0 Å². The van der Waals surface area contributed by atoms with E-state index in [9.17, 15) is 0 Å². The minimum absolute atomic E-state index is 0.303. The third-order valence-electron chi connectivity index (χ3n) is 2.53. The van der Waals surface area contributed by atoms with E-state index >= 15 is 0 Å². The SMILES string of the molecule is Cc1cc2c(cc1-c1csc(=S)[nH]1)OCO2. The molecule has 1 aromatic carbocycles. The molecule has 0 saturated carbocycles. The molecule has 3 rings (SSSR count). The van der Waals surface area contributed by atoms with Gasteiger partial charge in [-0.25, -0.2) is 0 Å². The number of hydrogen-bond donors (Lipinski definition) is 1. The third kappa shape index (κ3) is 1.52. The Hall–Kier alpha value is -1.33. The predicted octanol–water partition coefficient (Wildman–Crippen LogP) is 3.51. The van der Waals surface area contributed by atoms with Crippen LogP contribution in [0.5, 0.6) is 11.5 Å². The maximum atomic E-state index is 5.36. The summed E-state index contributed by atoms with van der Waals surface area (Å²) in [6, 6.07) is 3.98. The predicted molar refractivity (Wildman–Crippen MR) is 65.8 cm³/mol. The van der Waals surface area contributed by atoms with Crippen LogP contribution in [0.1, 0.15) is 5.56 Å². The summed E-state index contributed by atoms with van der Waals surface area (Å²) in [5, 5.41) is 2.02. The largest absolute Gasteiger partial charge is 0.454 e. The molecule has 2 aromatic rings. The molecule has 0 unspecified atom stereocenters. The van der Waals surface area contributed by atoms with Crippen LogP contribution in [0.15, 0.2) is 17.5 Å². The summed E-state index contributed by atoms with van der Waals surface area (Å²) in [6.07, 6.45) is 0. The summed E-state index contributed by atoms with van der Waals surface area (Å²) in [4.78, 5) is 3.16. The molecular formula is C11H9NO2S2. The normalized spacial score (nSPS) is 13.1. The van der Waals surface area contributed by atoms with E-state index in [4.69, 9.17) is 21.7 Å². The summed E-state index contributed by atoms with van der Waals surface area (Å²) in [7, 11) is 0. The van der Waals surface area contributed by atoms with E-state index < -0.39 is 0 Å². The van der Waals surface area contributed by atoms with Crippen molar-refractivity contribution in [1.29, 1.82) is 0 Å². The number of ether oxygens (including phenoxy) is 2. The quantitative estimate of drug-likeness (QED) is 0.788. The van der Waals surface area contributed by atoms with Gasteiger partial charge in [-0.2, -0.15) is 0 Å². The van der Waals surface area contributed by atoms with Gasteiger partial charge >= 0.3 is 0 Å². The maximum Gasteiger partial charge on any atom is 0.231 e. The summed E-state index contributed by atoms with van der Waals surface area (Å²) in [5.74, 6) is 1.61. The minimum Gasteiger partial charge on any atom is -0.454 e. The zero-order valence-corrected chi connectivity index (χ0v) is 10.2. The molecule has 0 radical (unpaired) electrons. The topological polar surface area (TPSA) is 34.2 Å². The number of aryl methyl sites for hydroxylation is 1. The first kappa shape index (κ1) is 9.86. The van der Waals surface area contributed by atoms with Crippen LogP contribution in [-0.2, 0) is 0 Å². The molecule has 1 aliphatic rings. The van der Waals surface area contributed by atoms with Crippen molar-refractivity contribution in [3.8, 4) is 22.8 Å². The summed E-state index contributed by atoms with van der Waals surface area (Å²) in [6.45, 7) is 2.35. The number of fused-ring (bicyclic) bond motifs is 1. The second-order valence-corrected chi connectivity index (χ2v) is 5.13. The lowest BCUT2D eigenvalue weighted by Crippen LogP contribution is -1.92. The van der Waals surface area contributed by atoms with Gasteiger partial charge in [0.25, 0.3) is 0 Å². The highest BCUT2D eigenvalue weighted by atomic mass is 32.1. The summed E-state index contributed by atoms with van der Waals surface area (Å²) in [5.41, 5.74) is 3.29. The first-order chi connectivity index (χ1) is 7.74. The molecule has 0 bridgehead atoms. The van der Waals surface area contributed by atoms with Crippen molar-refractivity contribution in [3.63, 3.8) is 0 Å². The second kappa shape index (κ2) is 3.61. The van der Waals surface area contributed by atoms with Crippen molar-refractivity contribution in [2.75, 3.05) is 6.79 Å². The Kier molecular flexibility index (Phi) is 2.22. The molecule has 0 spiro atoms. The molecule has 0 saturated heterocycles. The molecule has 1 N–H and O–H groups in total. The first-order valence-corrected chi connectivity index (χ1v) is 6.11. The van der Waals surface area contributed by atoms with E-state index in [0.717, 1.165) is 32.3 Å². The van der Waals surface area contributed by atoms with Crippen LogP contribution in [-0.4, -0.2) is 11.8 Å². The van der Waals surface area contributed by atoms with Crippen molar-refractivity contribution in [1.82, 2.24) is 4.98 Å². The van der Waals surface area contributed by atoms with Crippen molar-refractivity contribution < 1.29 is 9.47 Å². The number of benzene rings is 1. The average Bonchev–Trinajstić information content (AvgIpc) is 2.84. The highest BCUT2D eigenvalue weighted by Crippen LogP contribution is 2.38. The van der Waals surface area contributed by atoms with Gasteiger partial charge in [-0.3, -0.25) is 0 Å². The smallest absolute Gasteiger partial charge is 0.231 e. The van der Waals surface area contributed by atoms with Gasteiger partial charge in [0.2, 0.25) is 6.79 Å². The Morgan fingerprint density at radius 3 is 2.75 bits per heavy atom. The lowest BCUT2D eigenvalue weighted by molar-refractivity contribution is 0.174. The Morgan fingerprint density at radius 2 is 2.06 bits per heavy atom. The molecular weight excluding hydrogens is 242 g/mol. The lowest BCUT2D eigenvalue weighted by Gasteiger charge is -2.05. The van der Waals surface area contributed by atoms with Crippen molar-refractivity contribution in [2.45, 2.75) is 6.92 Å².